The third kappa shape index (κ3) is 3.04. The molecule has 4 atom stereocenters. The lowest BCUT2D eigenvalue weighted by molar-refractivity contribution is -0.144. The number of epoxide rings is 1. The summed E-state index contributed by atoms with van der Waals surface area (Å²) in [5.74, 6) is 0.313. The molecule has 0 N–H and O–H groups in total. The van der Waals surface area contributed by atoms with Gasteiger partial charge in [0.05, 0.1) is 18.8 Å². The van der Waals surface area contributed by atoms with Crippen molar-refractivity contribution in [2.45, 2.75) is 44.3 Å². The maximum absolute atomic E-state index is 12.1. The van der Waals surface area contributed by atoms with Gasteiger partial charge in [0.2, 0.25) is 0 Å². The molecular formula is C18H22O3. The molecule has 1 aliphatic carbocycles. The van der Waals surface area contributed by atoms with E-state index in [9.17, 15) is 4.79 Å². The fourth-order valence-corrected chi connectivity index (χ4v) is 3.54. The highest BCUT2D eigenvalue weighted by atomic mass is 16.6. The van der Waals surface area contributed by atoms with E-state index < -0.39 is 0 Å². The summed E-state index contributed by atoms with van der Waals surface area (Å²) in [5, 5.41) is 0. The molecule has 2 saturated heterocycles. The van der Waals surface area contributed by atoms with Crippen LogP contribution >= 0.6 is 0 Å². The number of carbonyl (C=O) groups is 1. The van der Waals surface area contributed by atoms with Crippen molar-refractivity contribution in [2.75, 3.05) is 6.61 Å². The number of fused-ring (bicyclic) bond motifs is 2. The molecule has 0 aromatic rings. The Morgan fingerprint density at radius 3 is 2.86 bits per heavy atom. The van der Waals surface area contributed by atoms with Crippen molar-refractivity contribution < 1.29 is 14.3 Å². The molecule has 3 heteroatoms. The van der Waals surface area contributed by atoms with Crippen molar-refractivity contribution in [3.8, 4) is 0 Å². The molecule has 0 amide bonds. The van der Waals surface area contributed by atoms with E-state index in [0.29, 0.717) is 25.2 Å². The summed E-state index contributed by atoms with van der Waals surface area (Å²) >= 11 is 0. The van der Waals surface area contributed by atoms with E-state index in [2.05, 4.69) is 18.9 Å². The van der Waals surface area contributed by atoms with Crippen LogP contribution in [0.1, 0.15) is 32.1 Å². The molecule has 3 nitrogen and oxygen atoms in total. The maximum Gasteiger partial charge on any atom is 0.334 e. The summed E-state index contributed by atoms with van der Waals surface area (Å²) in [7, 11) is 0. The van der Waals surface area contributed by atoms with Crippen molar-refractivity contribution in [1.82, 2.24) is 0 Å². The predicted molar refractivity (Wildman–Crippen MR) is 80.6 cm³/mol. The highest BCUT2D eigenvalue weighted by Crippen LogP contribution is 2.43. The molecule has 0 spiro atoms. The molecule has 0 aromatic heterocycles. The van der Waals surface area contributed by atoms with E-state index in [1.165, 1.54) is 5.57 Å². The van der Waals surface area contributed by atoms with Crippen LogP contribution in [0.3, 0.4) is 0 Å². The molecule has 112 valence electrons. The Labute approximate surface area is 126 Å². The Bertz CT molecular complexity index is 525. The van der Waals surface area contributed by atoms with Gasteiger partial charge < -0.3 is 9.47 Å². The minimum Gasteiger partial charge on any atom is -0.462 e. The van der Waals surface area contributed by atoms with E-state index in [1.54, 1.807) is 0 Å². The SMILES string of the molecule is C=C=CC/C=C1\C(=O)OC[C@H]2C(=C)CC[C@H]3O[C@H]3CC[C@H]12. The summed E-state index contributed by atoms with van der Waals surface area (Å²) in [6, 6.07) is 0. The van der Waals surface area contributed by atoms with Crippen molar-refractivity contribution in [3.63, 3.8) is 0 Å². The van der Waals surface area contributed by atoms with Crippen molar-refractivity contribution in [3.05, 3.63) is 42.2 Å². The van der Waals surface area contributed by atoms with Gasteiger partial charge in [-0.25, -0.2) is 4.79 Å². The van der Waals surface area contributed by atoms with Gasteiger partial charge in [-0.3, -0.25) is 0 Å². The Morgan fingerprint density at radius 1 is 1.24 bits per heavy atom. The lowest BCUT2D eigenvalue weighted by Crippen LogP contribution is -2.34. The lowest BCUT2D eigenvalue weighted by Gasteiger charge is -2.34. The van der Waals surface area contributed by atoms with Gasteiger partial charge in [0.15, 0.2) is 0 Å². The molecule has 2 heterocycles. The summed E-state index contributed by atoms with van der Waals surface area (Å²) in [6.07, 6.45) is 9.30. The highest BCUT2D eigenvalue weighted by molar-refractivity contribution is 5.90. The van der Waals surface area contributed by atoms with E-state index in [1.807, 2.05) is 12.2 Å². The zero-order valence-electron chi connectivity index (χ0n) is 12.3. The van der Waals surface area contributed by atoms with Crippen LogP contribution in [0.15, 0.2) is 42.2 Å². The van der Waals surface area contributed by atoms with Crippen molar-refractivity contribution >= 4 is 5.97 Å². The number of ether oxygens (including phenoxy) is 2. The summed E-state index contributed by atoms with van der Waals surface area (Å²) in [6.45, 7) is 8.28. The minimum absolute atomic E-state index is 0.172. The monoisotopic (exact) mass is 286 g/mol. The summed E-state index contributed by atoms with van der Waals surface area (Å²) in [4.78, 5) is 12.1. The zero-order chi connectivity index (χ0) is 14.8. The molecular weight excluding hydrogens is 264 g/mol. The fraction of sp³-hybridized carbons (Fsp3) is 0.556. The average Bonchev–Trinajstić information content (AvgIpc) is 3.22. The number of hydrogen-bond donors (Lipinski definition) is 0. The van der Waals surface area contributed by atoms with E-state index in [-0.39, 0.29) is 17.8 Å². The van der Waals surface area contributed by atoms with Crippen LogP contribution < -0.4 is 0 Å². The van der Waals surface area contributed by atoms with Gasteiger partial charge in [0.1, 0.15) is 0 Å². The van der Waals surface area contributed by atoms with Crippen LogP contribution in [0.4, 0.5) is 0 Å². The fourth-order valence-electron chi connectivity index (χ4n) is 3.54. The lowest BCUT2D eigenvalue weighted by atomic mass is 9.76. The van der Waals surface area contributed by atoms with Crippen LogP contribution in [0.25, 0.3) is 0 Å². The molecule has 0 unspecified atom stereocenters. The smallest absolute Gasteiger partial charge is 0.334 e. The standard InChI is InChI=1S/C18H22O3/c1-3-4-5-6-14-13-8-10-17-16(21-17)9-7-12(2)15(13)11-20-18(14)19/h4,6,13,15-17H,1-2,5,7-11H2/b14-6-/t13-,15+,16-,17+/m1/s1. The maximum atomic E-state index is 12.1. The van der Waals surface area contributed by atoms with Gasteiger partial charge in [-0.2, -0.15) is 0 Å². The first-order valence-corrected chi connectivity index (χ1v) is 7.75. The largest absolute Gasteiger partial charge is 0.462 e. The second kappa shape index (κ2) is 6.05. The number of allylic oxidation sites excluding steroid dienone is 2. The Morgan fingerprint density at radius 2 is 2.05 bits per heavy atom. The quantitative estimate of drug-likeness (QED) is 0.257. The van der Waals surface area contributed by atoms with Gasteiger partial charge in [-0.05, 0) is 38.2 Å². The second-order valence-electron chi connectivity index (χ2n) is 6.10. The first kappa shape index (κ1) is 14.4. The van der Waals surface area contributed by atoms with Crippen LogP contribution in [-0.4, -0.2) is 24.8 Å². The van der Waals surface area contributed by atoms with Crippen LogP contribution in [0, 0.1) is 11.8 Å². The van der Waals surface area contributed by atoms with Gasteiger partial charge in [-0.15, -0.1) is 5.73 Å². The first-order valence-electron chi connectivity index (χ1n) is 7.75. The van der Waals surface area contributed by atoms with Gasteiger partial charge in [0.25, 0.3) is 0 Å². The molecule has 21 heavy (non-hydrogen) atoms. The minimum atomic E-state index is -0.172. The van der Waals surface area contributed by atoms with E-state index in [0.717, 1.165) is 31.3 Å². The molecule has 0 aromatic carbocycles. The molecule has 3 rings (SSSR count). The third-order valence-corrected chi connectivity index (χ3v) is 4.84. The van der Waals surface area contributed by atoms with Crippen molar-refractivity contribution in [2.24, 2.45) is 11.8 Å². The molecule has 2 aliphatic heterocycles. The average molecular weight is 286 g/mol. The molecule has 3 fully saturated rings. The number of rotatable bonds is 2. The van der Waals surface area contributed by atoms with Crippen LogP contribution in [0.5, 0.6) is 0 Å². The Balaban J connectivity index is 1.84. The van der Waals surface area contributed by atoms with Crippen LogP contribution in [0.2, 0.25) is 0 Å². The Kier molecular flexibility index (Phi) is 4.14. The zero-order valence-corrected chi connectivity index (χ0v) is 12.3. The molecule has 3 aliphatic rings. The third-order valence-electron chi connectivity index (χ3n) is 4.84. The van der Waals surface area contributed by atoms with Crippen molar-refractivity contribution in [1.29, 1.82) is 0 Å². The van der Waals surface area contributed by atoms with Crippen LogP contribution in [-0.2, 0) is 14.3 Å². The number of hydrogen-bond acceptors (Lipinski definition) is 3. The van der Waals surface area contributed by atoms with Gasteiger partial charge in [-0.1, -0.05) is 24.8 Å². The number of carbonyl (C=O) groups excluding carboxylic acids is 1. The highest BCUT2D eigenvalue weighted by Gasteiger charge is 2.43. The second-order valence-corrected chi connectivity index (χ2v) is 6.10. The van der Waals surface area contributed by atoms with E-state index >= 15 is 0 Å². The summed E-state index contributed by atoms with van der Waals surface area (Å²) in [5.41, 5.74) is 4.75. The van der Waals surface area contributed by atoms with Gasteiger partial charge >= 0.3 is 5.97 Å². The number of esters is 1. The predicted octanol–water partition coefficient (Wildman–Crippen LogP) is 3.33. The molecule has 1 saturated carbocycles. The molecule has 0 bridgehead atoms. The van der Waals surface area contributed by atoms with Gasteiger partial charge in [0, 0.05) is 17.4 Å². The Hall–Kier alpha value is -1.57. The number of cyclic esters (lactones) is 1. The first-order chi connectivity index (χ1) is 10.2. The topological polar surface area (TPSA) is 38.8 Å². The molecule has 0 radical (unpaired) electrons. The van der Waals surface area contributed by atoms with E-state index in [4.69, 9.17) is 9.47 Å². The summed E-state index contributed by atoms with van der Waals surface area (Å²) < 4.78 is 11.1. The normalized spacial score (nSPS) is 37.2.